The number of hydrogen-bond acceptors (Lipinski definition) is 3. The molecule has 158 valence electrons. The molecule has 0 atom stereocenters. The Morgan fingerprint density at radius 3 is 1.69 bits per heavy atom. The van der Waals surface area contributed by atoms with E-state index in [2.05, 4.69) is 34.8 Å². The lowest BCUT2D eigenvalue weighted by molar-refractivity contribution is -0.123. The first-order valence-electron chi connectivity index (χ1n) is 10.5. The van der Waals surface area contributed by atoms with Gasteiger partial charge in [-0.2, -0.15) is 5.10 Å². The minimum absolute atomic E-state index is 0.103. The van der Waals surface area contributed by atoms with Gasteiger partial charge in [0.1, 0.15) is 5.75 Å². The van der Waals surface area contributed by atoms with Gasteiger partial charge in [0.2, 0.25) is 0 Å². The zero-order valence-corrected chi connectivity index (χ0v) is 17.9. The van der Waals surface area contributed by atoms with Crippen molar-refractivity contribution in [1.29, 1.82) is 0 Å². The van der Waals surface area contributed by atoms with Crippen molar-refractivity contribution in [1.82, 2.24) is 5.43 Å². The van der Waals surface area contributed by atoms with E-state index in [-0.39, 0.29) is 12.5 Å². The van der Waals surface area contributed by atoms with Crippen LogP contribution in [0.25, 0.3) is 22.3 Å². The molecule has 0 aliphatic heterocycles. The van der Waals surface area contributed by atoms with Gasteiger partial charge in [-0.1, -0.05) is 97.1 Å². The third-order valence-corrected chi connectivity index (χ3v) is 5.09. The predicted octanol–water partition coefficient (Wildman–Crippen LogP) is 5.94. The number of ether oxygens (including phenoxy) is 1. The number of nitrogens with one attached hydrogen (secondary N) is 1. The van der Waals surface area contributed by atoms with Crippen molar-refractivity contribution in [3.05, 3.63) is 115 Å². The van der Waals surface area contributed by atoms with Crippen LogP contribution in [0.1, 0.15) is 12.5 Å². The average molecular weight is 421 g/mol. The number of carbonyl (C=O) groups is 1. The summed E-state index contributed by atoms with van der Waals surface area (Å²) in [5.74, 6) is 0.328. The number of hydrogen-bond donors (Lipinski definition) is 1. The van der Waals surface area contributed by atoms with E-state index in [0.29, 0.717) is 5.75 Å². The van der Waals surface area contributed by atoms with Crippen molar-refractivity contribution >= 4 is 11.6 Å². The topological polar surface area (TPSA) is 50.7 Å². The minimum Gasteiger partial charge on any atom is -0.484 e. The molecule has 0 bridgehead atoms. The van der Waals surface area contributed by atoms with Gasteiger partial charge in [0.05, 0.1) is 5.71 Å². The molecule has 1 N–H and O–H groups in total. The fourth-order valence-electron chi connectivity index (χ4n) is 3.30. The van der Waals surface area contributed by atoms with Crippen LogP contribution in [-0.4, -0.2) is 18.2 Å². The van der Waals surface area contributed by atoms with Crippen LogP contribution in [0.3, 0.4) is 0 Å². The maximum absolute atomic E-state index is 12.1. The van der Waals surface area contributed by atoms with Gasteiger partial charge in [0.15, 0.2) is 6.61 Å². The van der Waals surface area contributed by atoms with Gasteiger partial charge in [-0.3, -0.25) is 4.79 Å². The van der Waals surface area contributed by atoms with Gasteiger partial charge in [-0.25, -0.2) is 5.43 Å². The summed E-state index contributed by atoms with van der Waals surface area (Å²) in [6.45, 7) is 1.76. The second-order valence-electron chi connectivity index (χ2n) is 7.35. The van der Waals surface area contributed by atoms with Crippen LogP contribution in [0.4, 0.5) is 0 Å². The molecule has 1 amide bonds. The van der Waals surface area contributed by atoms with Crippen LogP contribution < -0.4 is 10.2 Å². The molecule has 4 nitrogen and oxygen atoms in total. The fraction of sp³-hybridized carbons (Fsp3) is 0.0714. The van der Waals surface area contributed by atoms with Gasteiger partial charge < -0.3 is 4.74 Å². The molecule has 4 aromatic rings. The number of rotatable bonds is 7. The summed E-state index contributed by atoms with van der Waals surface area (Å²) >= 11 is 0. The van der Waals surface area contributed by atoms with E-state index in [4.69, 9.17) is 4.74 Å². The number of nitrogens with zero attached hydrogens (tertiary/aromatic N) is 1. The van der Waals surface area contributed by atoms with Crippen molar-refractivity contribution in [2.75, 3.05) is 6.61 Å². The van der Waals surface area contributed by atoms with Crippen LogP contribution in [0.15, 0.2) is 114 Å². The van der Waals surface area contributed by atoms with Crippen LogP contribution in [0, 0.1) is 0 Å². The zero-order valence-electron chi connectivity index (χ0n) is 17.9. The summed E-state index contributed by atoms with van der Waals surface area (Å²) in [5.41, 5.74) is 8.77. The van der Waals surface area contributed by atoms with Gasteiger partial charge in [0.25, 0.3) is 5.91 Å². The van der Waals surface area contributed by atoms with Gasteiger partial charge >= 0.3 is 0 Å². The first kappa shape index (κ1) is 21.1. The molecule has 0 aliphatic carbocycles. The second-order valence-corrected chi connectivity index (χ2v) is 7.35. The van der Waals surface area contributed by atoms with Crippen molar-refractivity contribution < 1.29 is 9.53 Å². The molecule has 4 aromatic carbocycles. The predicted molar refractivity (Wildman–Crippen MR) is 130 cm³/mol. The summed E-state index contributed by atoms with van der Waals surface area (Å²) in [4.78, 5) is 12.1. The molecule has 4 rings (SSSR count). The molecule has 0 heterocycles. The Morgan fingerprint density at radius 2 is 1.16 bits per heavy atom. The first-order chi connectivity index (χ1) is 15.7. The number of benzene rings is 4. The van der Waals surface area contributed by atoms with Crippen molar-refractivity contribution in [2.24, 2.45) is 5.10 Å². The van der Waals surface area contributed by atoms with E-state index in [1.54, 1.807) is 0 Å². The highest BCUT2D eigenvalue weighted by Gasteiger charge is 2.05. The van der Waals surface area contributed by atoms with Crippen LogP contribution in [0.2, 0.25) is 0 Å². The second kappa shape index (κ2) is 10.2. The molecule has 32 heavy (non-hydrogen) atoms. The lowest BCUT2D eigenvalue weighted by atomic mass is 10.0. The van der Waals surface area contributed by atoms with Crippen molar-refractivity contribution in [3.8, 4) is 28.0 Å². The summed E-state index contributed by atoms with van der Waals surface area (Å²) in [6, 6.07) is 36.1. The fourth-order valence-corrected chi connectivity index (χ4v) is 3.30. The van der Waals surface area contributed by atoms with Crippen LogP contribution in [-0.2, 0) is 4.79 Å². The highest BCUT2D eigenvalue weighted by molar-refractivity contribution is 5.99. The maximum atomic E-state index is 12.1. The third kappa shape index (κ3) is 5.49. The Kier molecular flexibility index (Phi) is 6.73. The molecule has 0 aromatic heterocycles. The van der Waals surface area contributed by atoms with Crippen molar-refractivity contribution in [2.45, 2.75) is 6.92 Å². The zero-order chi connectivity index (χ0) is 22.2. The lowest BCUT2D eigenvalue weighted by Gasteiger charge is -2.08. The molecular weight excluding hydrogens is 396 g/mol. The first-order valence-corrected chi connectivity index (χ1v) is 10.5. The Hall–Kier alpha value is -4.18. The summed E-state index contributed by atoms with van der Waals surface area (Å²) in [6.07, 6.45) is 0. The Labute approximate surface area is 188 Å². The van der Waals surface area contributed by atoms with E-state index in [1.165, 1.54) is 0 Å². The maximum Gasteiger partial charge on any atom is 0.277 e. The highest BCUT2D eigenvalue weighted by atomic mass is 16.5. The SMILES string of the molecule is C/C(=N/NC(=O)COc1ccc(-c2ccccc2)cc1)c1ccc(-c2ccccc2)cc1. The summed E-state index contributed by atoms with van der Waals surface area (Å²) in [5, 5.41) is 4.20. The lowest BCUT2D eigenvalue weighted by Crippen LogP contribution is -2.25. The quantitative estimate of drug-likeness (QED) is 0.297. The van der Waals surface area contributed by atoms with Crippen LogP contribution in [0.5, 0.6) is 5.75 Å². The smallest absolute Gasteiger partial charge is 0.277 e. The van der Waals surface area contributed by atoms with Crippen molar-refractivity contribution in [3.63, 3.8) is 0 Å². The van der Waals surface area contributed by atoms with Gasteiger partial charge in [-0.05, 0) is 46.9 Å². The Balaban J connectivity index is 1.29. The minimum atomic E-state index is -0.308. The normalized spacial score (nSPS) is 11.1. The number of amides is 1. The molecule has 0 spiro atoms. The van der Waals surface area contributed by atoms with Gasteiger partial charge in [0, 0.05) is 0 Å². The van der Waals surface area contributed by atoms with E-state index < -0.39 is 0 Å². The monoisotopic (exact) mass is 420 g/mol. The standard InChI is InChI=1S/C28H24N2O2/c1-21(22-12-14-25(15-13-22)23-8-4-2-5-9-23)29-30-28(31)20-32-27-18-16-26(17-19-27)24-10-6-3-7-11-24/h2-19H,20H2,1H3,(H,30,31)/b29-21-. The largest absolute Gasteiger partial charge is 0.484 e. The Morgan fingerprint density at radius 1 is 0.688 bits per heavy atom. The number of hydrazone groups is 1. The number of carbonyl (C=O) groups excluding carboxylic acids is 1. The molecule has 0 saturated carbocycles. The van der Waals surface area contributed by atoms with E-state index in [1.807, 2.05) is 91.9 Å². The molecule has 0 unspecified atom stereocenters. The van der Waals surface area contributed by atoms with E-state index in [9.17, 15) is 4.79 Å². The Bertz CT molecular complexity index is 1180. The average Bonchev–Trinajstić information content (AvgIpc) is 2.87. The van der Waals surface area contributed by atoms with Gasteiger partial charge in [-0.15, -0.1) is 0 Å². The molecule has 0 fully saturated rings. The van der Waals surface area contributed by atoms with E-state index >= 15 is 0 Å². The molecular formula is C28H24N2O2. The summed E-state index contributed by atoms with van der Waals surface area (Å²) in [7, 11) is 0. The third-order valence-electron chi connectivity index (χ3n) is 5.09. The summed E-state index contributed by atoms with van der Waals surface area (Å²) < 4.78 is 5.58. The molecule has 0 saturated heterocycles. The van der Waals surface area contributed by atoms with E-state index in [0.717, 1.165) is 33.5 Å². The molecule has 0 radical (unpaired) electrons. The highest BCUT2D eigenvalue weighted by Crippen LogP contribution is 2.22. The van der Waals surface area contributed by atoms with Crippen LogP contribution >= 0.6 is 0 Å². The molecule has 4 heteroatoms. The molecule has 0 aliphatic rings.